The molecular formula is C10H13N5. The molecule has 1 atom stereocenters. The monoisotopic (exact) mass is 203 g/mol. The summed E-state index contributed by atoms with van der Waals surface area (Å²) in [6, 6.07) is 1.72. The standard InChI is InChI=1S/C10H13N5/c1-7-5-12-4-3-8(7)10(11)9-6-13-14-15(9)2/h3-6,10H,11H2,1-2H3. The lowest BCUT2D eigenvalue weighted by Crippen LogP contribution is -2.17. The molecule has 0 spiro atoms. The van der Waals surface area contributed by atoms with Gasteiger partial charge >= 0.3 is 0 Å². The molecule has 78 valence electrons. The van der Waals surface area contributed by atoms with Gasteiger partial charge < -0.3 is 5.73 Å². The SMILES string of the molecule is Cc1cnccc1C(N)c1cnnn1C. The predicted molar refractivity (Wildman–Crippen MR) is 56.0 cm³/mol. The van der Waals surface area contributed by atoms with Gasteiger partial charge in [0.1, 0.15) is 0 Å². The van der Waals surface area contributed by atoms with Crippen LogP contribution in [-0.4, -0.2) is 20.0 Å². The van der Waals surface area contributed by atoms with Crippen LogP contribution in [-0.2, 0) is 7.05 Å². The molecule has 2 aromatic heterocycles. The number of rotatable bonds is 2. The summed E-state index contributed by atoms with van der Waals surface area (Å²) in [5.41, 5.74) is 9.15. The van der Waals surface area contributed by atoms with Gasteiger partial charge in [-0.1, -0.05) is 5.21 Å². The van der Waals surface area contributed by atoms with Crippen molar-refractivity contribution in [3.63, 3.8) is 0 Å². The van der Waals surface area contributed by atoms with Gasteiger partial charge in [0.25, 0.3) is 0 Å². The number of pyridine rings is 1. The van der Waals surface area contributed by atoms with Crippen molar-refractivity contribution in [2.75, 3.05) is 0 Å². The molecule has 0 aromatic carbocycles. The summed E-state index contributed by atoms with van der Waals surface area (Å²) in [4.78, 5) is 4.04. The van der Waals surface area contributed by atoms with Crippen molar-refractivity contribution >= 4 is 0 Å². The Hall–Kier alpha value is -1.75. The van der Waals surface area contributed by atoms with Gasteiger partial charge in [-0.25, -0.2) is 0 Å². The van der Waals surface area contributed by atoms with Crippen LogP contribution in [0.3, 0.4) is 0 Å². The fourth-order valence-electron chi connectivity index (χ4n) is 1.57. The lowest BCUT2D eigenvalue weighted by atomic mass is 10.0. The van der Waals surface area contributed by atoms with Crippen molar-refractivity contribution in [2.45, 2.75) is 13.0 Å². The van der Waals surface area contributed by atoms with Gasteiger partial charge in [-0.3, -0.25) is 9.67 Å². The summed E-state index contributed by atoms with van der Waals surface area (Å²) in [7, 11) is 1.83. The lowest BCUT2D eigenvalue weighted by Gasteiger charge is -2.13. The summed E-state index contributed by atoms with van der Waals surface area (Å²) < 4.78 is 1.69. The second-order valence-corrected chi connectivity index (χ2v) is 3.49. The number of nitrogens with two attached hydrogens (primary N) is 1. The van der Waals surface area contributed by atoms with E-state index in [0.29, 0.717) is 0 Å². The zero-order chi connectivity index (χ0) is 10.8. The Morgan fingerprint density at radius 1 is 1.40 bits per heavy atom. The van der Waals surface area contributed by atoms with Crippen molar-refractivity contribution < 1.29 is 0 Å². The number of nitrogens with zero attached hydrogens (tertiary/aromatic N) is 4. The van der Waals surface area contributed by atoms with E-state index < -0.39 is 0 Å². The van der Waals surface area contributed by atoms with Crippen LogP contribution < -0.4 is 5.73 Å². The predicted octanol–water partition coefficient (Wildman–Crippen LogP) is 0.567. The quantitative estimate of drug-likeness (QED) is 0.774. The first-order valence-corrected chi connectivity index (χ1v) is 4.71. The molecule has 0 aliphatic heterocycles. The lowest BCUT2D eigenvalue weighted by molar-refractivity contribution is 0.649. The molecule has 0 fully saturated rings. The molecule has 5 heteroatoms. The Balaban J connectivity index is 2.41. The molecule has 2 N–H and O–H groups in total. The Bertz CT molecular complexity index is 462. The van der Waals surface area contributed by atoms with E-state index in [1.165, 1.54) is 0 Å². The van der Waals surface area contributed by atoms with E-state index in [1.54, 1.807) is 23.3 Å². The summed E-state index contributed by atoms with van der Waals surface area (Å²) in [6.45, 7) is 1.99. The van der Waals surface area contributed by atoms with Gasteiger partial charge in [-0.05, 0) is 24.1 Å². The molecule has 0 saturated heterocycles. The minimum Gasteiger partial charge on any atom is -0.319 e. The zero-order valence-corrected chi connectivity index (χ0v) is 8.75. The highest BCUT2D eigenvalue weighted by Gasteiger charge is 2.14. The maximum Gasteiger partial charge on any atom is 0.0796 e. The Morgan fingerprint density at radius 2 is 2.20 bits per heavy atom. The molecular weight excluding hydrogens is 190 g/mol. The van der Waals surface area contributed by atoms with E-state index in [2.05, 4.69) is 15.3 Å². The molecule has 0 saturated carbocycles. The van der Waals surface area contributed by atoms with Gasteiger partial charge in [0.2, 0.25) is 0 Å². The zero-order valence-electron chi connectivity index (χ0n) is 8.75. The van der Waals surface area contributed by atoms with Gasteiger partial charge in [-0.15, -0.1) is 5.10 Å². The van der Waals surface area contributed by atoms with Crippen LogP contribution in [0, 0.1) is 6.92 Å². The first kappa shape index (κ1) is 9.79. The number of aryl methyl sites for hydroxylation is 2. The number of aromatic nitrogens is 4. The summed E-state index contributed by atoms with van der Waals surface area (Å²) in [5.74, 6) is 0. The molecule has 1 unspecified atom stereocenters. The average Bonchev–Trinajstić information content (AvgIpc) is 2.64. The maximum absolute atomic E-state index is 6.13. The third-order valence-corrected chi connectivity index (χ3v) is 2.47. The highest BCUT2D eigenvalue weighted by Crippen LogP contribution is 2.20. The molecule has 0 amide bonds. The van der Waals surface area contributed by atoms with Crippen molar-refractivity contribution in [2.24, 2.45) is 12.8 Å². The van der Waals surface area contributed by atoms with Gasteiger partial charge in [-0.2, -0.15) is 0 Å². The molecule has 15 heavy (non-hydrogen) atoms. The van der Waals surface area contributed by atoms with Crippen LogP contribution in [0.5, 0.6) is 0 Å². The third kappa shape index (κ3) is 1.73. The Kier molecular flexibility index (Phi) is 2.47. The third-order valence-electron chi connectivity index (χ3n) is 2.47. The molecule has 0 radical (unpaired) electrons. The van der Waals surface area contributed by atoms with Crippen molar-refractivity contribution in [1.29, 1.82) is 0 Å². The van der Waals surface area contributed by atoms with Crippen molar-refractivity contribution in [3.05, 3.63) is 41.5 Å². The van der Waals surface area contributed by atoms with Crippen molar-refractivity contribution in [3.8, 4) is 0 Å². The molecule has 5 nitrogen and oxygen atoms in total. The van der Waals surface area contributed by atoms with E-state index in [4.69, 9.17) is 5.73 Å². The highest BCUT2D eigenvalue weighted by atomic mass is 15.4. The van der Waals surface area contributed by atoms with Crippen LogP contribution >= 0.6 is 0 Å². The van der Waals surface area contributed by atoms with Crippen LogP contribution in [0.15, 0.2) is 24.7 Å². The molecule has 2 rings (SSSR count). The number of hydrogen-bond acceptors (Lipinski definition) is 4. The molecule has 2 aromatic rings. The maximum atomic E-state index is 6.13. The summed E-state index contributed by atoms with van der Waals surface area (Å²) >= 11 is 0. The molecule has 0 aliphatic carbocycles. The normalized spacial score (nSPS) is 12.7. The average molecular weight is 203 g/mol. The molecule has 0 bridgehead atoms. The van der Waals surface area contributed by atoms with E-state index >= 15 is 0 Å². The van der Waals surface area contributed by atoms with Crippen molar-refractivity contribution in [1.82, 2.24) is 20.0 Å². The molecule has 2 heterocycles. The Morgan fingerprint density at radius 3 is 2.80 bits per heavy atom. The van der Waals surface area contributed by atoms with Gasteiger partial charge in [0, 0.05) is 19.4 Å². The first-order chi connectivity index (χ1) is 7.20. The minimum absolute atomic E-state index is 0.201. The summed E-state index contributed by atoms with van der Waals surface area (Å²) in [6.07, 6.45) is 5.23. The Labute approximate surface area is 87.9 Å². The topological polar surface area (TPSA) is 69.6 Å². The van der Waals surface area contributed by atoms with E-state index in [1.807, 2.05) is 20.0 Å². The fourth-order valence-corrected chi connectivity index (χ4v) is 1.57. The van der Waals surface area contributed by atoms with E-state index in [-0.39, 0.29) is 6.04 Å². The second kappa shape index (κ2) is 3.78. The van der Waals surface area contributed by atoms with E-state index in [9.17, 15) is 0 Å². The second-order valence-electron chi connectivity index (χ2n) is 3.49. The van der Waals surface area contributed by atoms with Crippen LogP contribution in [0.25, 0.3) is 0 Å². The first-order valence-electron chi connectivity index (χ1n) is 4.71. The molecule has 0 aliphatic rings. The van der Waals surface area contributed by atoms with Crippen LogP contribution in [0.1, 0.15) is 22.9 Å². The highest BCUT2D eigenvalue weighted by molar-refractivity contribution is 5.30. The number of hydrogen-bond donors (Lipinski definition) is 1. The van der Waals surface area contributed by atoms with Crippen LogP contribution in [0.2, 0.25) is 0 Å². The minimum atomic E-state index is -0.201. The van der Waals surface area contributed by atoms with Gasteiger partial charge in [0.05, 0.1) is 17.9 Å². The van der Waals surface area contributed by atoms with Crippen LogP contribution in [0.4, 0.5) is 0 Å². The van der Waals surface area contributed by atoms with E-state index in [0.717, 1.165) is 16.8 Å². The van der Waals surface area contributed by atoms with Gasteiger partial charge in [0.15, 0.2) is 0 Å². The smallest absolute Gasteiger partial charge is 0.0796 e. The fraction of sp³-hybridized carbons (Fsp3) is 0.300. The largest absolute Gasteiger partial charge is 0.319 e. The summed E-state index contributed by atoms with van der Waals surface area (Å²) in [5, 5.41) is 7.68.